The van der Waals surface area contributed by atoms with E-state index in [2.05, 4.69) is 10.5 Å². The van der Waals surface area contributed by atoms with Gasteiger partial charge in [-0.15, -0.1) is 0 Å². The number of hydrogen-bond donors (Lipinski definition) is 2. The Bertz CT molecular complexity index is 536. The van der Waals surface area contributed by atoms with Crippen LogP contribution in [-0.4, -0.2) is 24.6 Å². The van der Waals surface area contributed by atoms with Crippen LogP contribution in [0.2, 0.25) is 0 Å². The smallest absolute Gasteiger partial charge is 0.119 e. The summed E-state index contributed by atoms with van der Waals surface area (Å²) >= 11 is 0. The summed E-state index contributed by atoms with van der Waals surface area (Å²) in [5, 5.41) is 15.6. The first-order valence-corrected chi connectivity index (χ1v) is 5.98. The Kier molecular flexibility index (Phi) is 4.39. The molecule has 0 unspecified atom stereocenters. The molecule has 2 aromatic carbocycles. The van der Waals surface area contributed by atoms with Crippen molar-refractivity contribution < 1.29 is 9.94 Å². The molecule has 0 saturated carbocycles. The molecule has 0 fully saturated rings. The molecule has 0 aliphatic heterocycles. The number of ether oxygens (including phenoxy) is 1. The molecule has 98 valence electrons. The average Bonchev–Trinajstić information content (AvgIpc) is 2.49. The van der Waals surface area contributed by atoms with E-state index in [4.69, 9.17) is 9.94 Å². The van der Waals surface area contributed by atoms with Crippen molar-refractivity contribution in [2.24, 2.45) is 5.16 Å². The lowest BCUT2D eigenvalue weighted by Gasteiger charge is -2.08. The number of benzene rings is 2. The van der Waals surface area contributed by atoms with E-state index in [-0.39, 0.29) is 0 Å². The maximum Gasteiger partial charge on any atom is 0.119 e. The highest BCUT2D eigenvalue weighted by atomic mass is 16.5. The highest BCUT2D eigenvalue weighted by Crippen LogP contribution is 2.15. The molecular formula is C15H16N2O2. The Morgan fingerprint density at radius 2 is 1.79 bits per heavy atom. The van der Waals surface area contributed by atoms with E-state index in [0.717, 1.165) is 17.0 Å². The van der Waals surface area contributed by atoms with Gasteiger partial charge in [-0.1, -0.05) is 35.5 Å². The maximum absolute atomic E-state index is 9.07. The quantitative estimate of drug-likeness (QED) is 0.491. The van der Waals surface area contributed by atoms with E-state index in [1.165, 1.54) is 0 Å². The van der Waals surface area contributed by atoms with E-state index in [1.54, 1.807) is 7.11 Å². The largest absolute Gasteiger partial charge is 0.497 e. The van der Waals surface area contributed by atoms with Crippen molar-refractivity contribution in [2.45, 2.75) is 0 Å². The van der Waals surface area contributed by atoms with Crippen LogP contribution in [0.25, 0.3) is 0 Å². The summed E-state index contributed by atoms with van der Waals surface area (Å²) in [5.41, 5.74) is 2.43. The molecule has 2 N–H and O–H groups in total. The minimum absolute atomic E-state index is 0.451. The minimum Gasteiger partial charge on any atom is -0.497 e. The Morgan fingerprint density at radius 1 is 1.11 bits per heavy atom. The van der Waals surface area contributed by atoms with Gasteiger partial charge >= 0.3 is 0 Å². The van der Waals surface area contributed by atoms with Gasteiger partial charge in [0.15, 0.2) is 0 Å². The molecule has 0 aliphatic rings. The molecule has 0 atom stereocenters. The molecule has 0 aliphatic carbocycles. The van der Waals surface area contributed by atoms with Gasteiger partial charge < -0.3 is 15.3 Å². The molecule has 0 radical (unpaired) electrons. The molecule has 0 spiro atoms. The lowest BCUT2D eigenvalue weighted by atomic mass is 10.1. The average molecular weight is 256 g/mol. The normalized spacial score (nSPS) is 11.1. The van der Waals surface area contributed by atoms with Gasteiger partial charge in [-0.05, 0) is 24.3 Å². The lowest BCUT2D eigenvalue weighted by Crippen LogP contribution is -2.15. The van der Waals surface area contributed by atoms with Crippen molar-refractivity contribution in [1.29, 1.82) is 0 Å². The van der Waals surface area contributed by atoms with Crippen LogP contribution >= 0.6 is 0 Å². The molecular weight excluding hydrogens is 240 g/mol. The molecule has 0 heterocycles. The molecule has 2 aromatic rings. The van der Waals surface area contributed by atoms with Crippen LogP contribution in [0.3, 0.4) is 0 Å². The first-order chi connectivity index (χ1) is 9.33. The zero-order valence-corrected chi connectivity index (χ0v) is 10.7. The molecule has 2 rings (SSSR count). The molecule has 0 aromatic heterocycles. The summed E-state index contributed by atoms with van der Waals surface area (Å²) in [5.74, 6) is 0.810. The van der Waals surface area contributed by atoms with E-state index in [1.807, 2.05) is 54.6 Å². The molecule has 4 heteroatoms. The summed E-state index contributed by atoms with van der Waals surface area (Å²) in [7, 11) is 1.63. The highest BCUT2D eigenvalue weighted by molar-refractivity contribution is 6.02. The fraction of sp³-hybridized carbons (Fsp3) is 0.133. The van der Waals surface area contributed by atoms with Crippen LogP contribution in [0.1, 0.15) is 5.56 Å². The Morgan fingerprint density at radius 3 is 2.37 bits per heavy atom. The second kappa shape index (κ2) is 6.44. The van der Waals surface area contributed by atoms with Crippen LogP contribution in [0.5, 0.6) is 5.75 Å². The van der Waals surface area contributed by atoms with Crippen molar-refractivity contribution in [3.8, 4) is 5.75 Å². The third-order valence-electron chi connectivity index (χ3n) is 2.78. The van der Waals surface area contributed by atoms with Gasteiger partial charge in [-0.2, -0.15) is 0 Å². The first-order valence-electron chi connectivity index (χ1n) is 5.98. The SMILES string of the molecule is COc1ccc(NC/C(=N/O)c2ccccc2)cc1. The van der Waals surface area contributed by atoms with Crippen LogP contribution < -0.4 is 10.1 Å². The summed E-state index contributed by atoms with van der Waals surface area (Å²) in [4.78, 5) is 0. The topological polar surface area (TPSA) is 53.8 Å². The lowest BCUT2D eigenvalue weighted by molar-refractivity contribution is 0.319. The number of nitrogens with zero attached hydrogens (tertiary/aromatic N) is 1. The van der Waals surface area contributed by atoms with Gasteiger partial charge in [-0.3, -0.25) is 0 Å². The first kappa shape index (κ1) is 13.0. The number of hydrogen-bond acceptors (Lipinski definition) is 4. The predicted octanol–water partition coefficient (Wildman–Crippen LogP) is 2.99. The maximum atomic E-state index is 9.07. The van der Waals surface area contributed by atoms with E-state index < -0.39 is 0 Å². The number of oxime groups is 1. The Labute approximate surface area is 112 Å². The number of nitrogens with one attached hydrogen (secondary N) is 1. The summed E-state index contributed by atoms with van der Waals surface area (Å²) in [6.45, 7) is 0.451. The molecule has 0 bridgehead atoms. The summed E-state index contributed by atoms with van der Waals surface area (Å²) in [6, 6.07) is 17.1. The monoisotopic (exact) mass is 256 g/mol. The van der Waals surface area contributed by atoms with Gasteiger partial charge in [0, 0.05) is 11.3 Å². The van der Waals surface area contributed by atoms with Crippen molar-refractivity contribution >= 4 is 11.4 Å². The standard InChI is InChI=1S/C15H16N2O2/c1-19-14-9-7-13(8-10-14)16-11-15(17-18)12-5-3-2-4-6-12/h2-10,16,18H,11H2,1H3/b17-15-. The predicted molar refractivity (Wildman–Crippen MR) is 76.2 cm³/mol. The fourth-order valence-electron chi connectivity index (χ4n) is 1.72. The van der Waals surface area contributed by atoms with Gasteiger partial charge in [0.05, 0.1) is 13.7 Å². The second-order valence-corrected chi connectivity index (χ2v) is 3.99. The number of methoxy groups -OCH3 is 1. The summed E-state index contributed by atoms with van der Waals surface area (Å²) < 4.78 is 5.09. The third-order valence-corrected chi connectivity index (χ3v) is 2.78. The zero-order valence-electron chi connectivity index (χ0n) is 10.7. The highest BCUT2D eigenvalue weighted by Gasteiger charge is 2.03. The van der Waals surface area contributed by atoms with E-state index in [0.29, 0.717) is 12.3 Å². The van der Waals surface area contributed by atoms with Crippen molar-refractivity contribution in [1.82, 2.24) is 0 Å². The third kappa shape index (κ3) is 3.48. The van der Waals surface area contributed by atoms with Crippen LogP contribution in [0, 0.1) is 0 Å². The molecule has 19 heavy (non-hydrogen) atoms. The number of anilines is 1. The van der Waals surface area contributed by atoms with Crippen molar-refractivity contribution in [2.75, 3.05) is 19.0 Å². The van der Waals surface area contributed by atoms with E-state index >= 15 is 0 Å². The van der Waals surface area contributed by atoms with Crippen LogP contribution in [0.4, 0.5) is 5.69 Å². The Balaban J connectivity index is 2.00. The van der Waals surface area contributed by atoms with Crippen molar-refractivity contribution in [3.63, 3.8) is 0 Å². The Hall–Kier alpha value is -2.49. The summed E-state index contributed by atoms with van der Waals surface area (Å²) in [6.07, 6.45) is 0. The number of rotatable bonds is 5. The van der Waals surface area contributed by atoms with Gasteiger partial charge in [0.25, 0.3) is 0 Å². The van der Waals surface area contributed by atoms with Gasteiger partial charge in [-0.25, -0.2) is 0 Å². The van der Waals surface area contributed by atoms with Crippen LogP contribution in [-0.2, 0) is 0 Å². The molecule has 0 amide bonds. The molecule has 0 saturated heterocycles. The molecule has 4 nitrogen and oxygen atoms in total. The van der Waals surface area contributed by atoms with Gasteiger partial charge in [0.2, 0.25) is 0 Å². The fourth-order valence-corrected chi connectivity index (χ4v) is 1.72. The van der Waals surface area contributed by atoms with Gasteiger partial charge in [0.1, 0.15) is 11.5 Å². The zero-order chi connectivity index (χ0) is 13.5. The van der Waals surface area contributed by atoms with E-state index in [9.17, 15) is 0 Å². The van der Waals surface area contributed by atoms with Crippen LogP contribution in [0.15, 0.2) is 59.8 Å². The van der Waals surface area contributed by atoms with Crippen molar-refractivity contribution in [3.05, 3.63) is 60.2 Å². The minimum atomic E-state index is 0.451. The second-order valence-electron chi connectivity index (χ2n) is 3.99.